The van der Waals surface area contributed by atoms with Gasteiger partial charge in [-0.05, 0) is 53.1 Å². The van der Waals surface area contributed by atoms with E-state index in [2.05, 4.69) is 67.7 Å². The predicted octanol–water partition coefficient (Wildman–Crippen LogP) is 4.04. The van der Waals surface area contributed by atoms with Crippen molar-refractivity contribution in [3.63, 3.8) is 0 Å². The van der Waals surface area contributed by atoms with Crippen molar-refractivity contribution in [3.05, 3.63) is 33.4 Å². The van der Waals surface area contributed by atoms with Crippen LogP contribution in [0.15, 0.2) is 24.3 Å². The zero-order valence-corrected chi connectivity index (χ0v) is 13.1. The number of nitrogens with zero attached hydrogens (tertiary/aromatic N) is 1. The summed E-state index contributed by atoms with van der Waals surface area (Å²) in [6.45, 7) is 2.27. The van der Waals surface area contributed by atoms with Crippen molar-refractivity contribution < 1.29 is 0 Å². The first-order valence-electron chi connectivity index (χ1n) is 5.84. The molecule has 0 atom stereocenters. The molecule has 0 heterocycles. The van der Waals surface area contributed by atoms with Crippen molar-refractivity contribution in [1.29, 1.82) is 0 Å². The van der Waals surface area contributed by atoms with Crippen molar-refractivity contribution in [2.75, 3.05) is 11.9 Å². The highest BCUT2D eigenvalue weighted by Gasteiger charge is 2.24. The van der Waals surface area contributed by atoms with Gasteiger partial charge in [0.15, 0.2) is 0 Å². The summed E-state index contributed by atoms with van der Waals surface area (Å²) in [7, 11) is 0. The van der Waals surface area contributed by atoms with Crippen molar-refractivity contribution in [2.45, 2.75) is 31.8 Å². The van der Waals surface area contributed by atoms with Gasteiger partial charge in [0.05, 0.1) is 0 Å². The molecule has 0 N–H and O–H groups in total. The molecular formula is C13H17BrIN. The lowest BCUT2D eigenvalue weighted by Crippen LogP contribution is -2.40. The quantitative estimate of drug-likeness (QED) is 0.539. The molecule has 1 aliphatic rings. The van der Waals surface area contributed by atoms with E-state index < -0.39 is 0 Å². The van der Waals surface area contributed by atoms with E-state index in [4.69, 9.17) is 0 Å². The topological polar surface area (TPSA) is 3.24 Å². The van der Waals surface area contributed by atoms with E-state index in [1.165, 1.54) is 28.4 Å². The van der Waals surface area contributed by atoms with Gasteiger partial charge in [-0.3, -0.25) is 4.90 Å². The molecule has 16 heavy (non-hydrogen) atoms. The maximum absolute atomic E-state index is 3.55. The van der Waals surface area contributed by atoms with E-state index >= 15 is 0 Å². The molecule has 0 aliphatic heterocycles. The van der Waals surface area contributed by atoms with Crippen LogP contribution in [0, 0.1) is 3.57 Å². The van der Waals surface area contributed by atoms with Gasteiger partial charge < -0.3 is 0 Å². The van der Waals surface area contributed by atoms with Gasteiger partial charge in [0.25, 0.3) is 0 Å². The third-order valence-electron chi connectivity index (χ3n) is 3.26. The molecule has 0 bridgehead atoms. The maximum Gasteiger partial charge on any atom is 0.0237 e. The lowest BCUT2D eigenvalue weighted by molar-refractivity contribution is 0.128. The minimum absolute atomic E-state index is 0.830. The molecule has 0 aromatic heterocycles. The summed E-state index contributed by atoms with van der Waals surface area (Å²) in [6, 6.07) is 9.73. The minimum Gasteiger partial charge on any atom is -0.295 e. The minimum atomic E-state index is 0.830. The van der Waals surface area contributed by atoms with Crippen molar-refractivity contribution in [1.82, 2.24) is 4.90 Å². The zero-order chi connectivity index (χ0) is 11.4. The molecule has 0 amide bonds. The first-order chi connectivity index (χ1) is 7.79. The SMILES string of the molecule is BrCCN(Cc1ccc(I)cc1)C1CCC1. The molecule has 1 nitrogen and oxygen atoms in total. The molecule has 0 radical (unpaired) electrons. The molecule has 0 spiro atoms. The maximum atomic E-state index is 3.55. The number of hydrogen-bond donors (Lipinski definition) is 0. The van der Waals surface area contributed by atoms with Gasteiger partial charge in [0.2, 0.25) is 0 Å². The Balaban J connectivity index is 1.96. The van der Waals surface area contributed by atoms with Crippen LogP contribution < -0.4 is 0 Å². The second kappa shape index (κ2) is 6.36. The molecule has 1 fully saturated rings. The smallest absolute Gasteiger partial charge is 0.0237 e. The Hall–Kier alpha value is 0.390. The Bertz CT molecular complexity index is 321. The standard InChI is InChI=1S/C13H17BrIN/c14-8-9-16(13-2-1-3-13)10-11-4-6-12(15)7-5-11/h4-7,13H,1-3,8-10H2. The Kier molecular flexibility index (Phi) is 5.10. The second-order valence-electron chi connectivity index (χ2n) is 4.37. The number of rotatable bonds is 5. The fourth-order valence-electron chi connectivity index (χ4n) is 2.08. The van der Waals surface area contributed by atoms with Crippen LogP contribution in [0.3, 0.4) is 0 Å². The summed E-state index contributed by atoms with van der Waals surface area (Å²) >= 11 is 5.91. The lowest BCUT2D eigenvalue weighted by Gasteiger charge is -2.37. The van der Waals surface area contributed by atoms with Crippen LogP contribution in [0.5, 0.6) is 0 Å². The average molecular weight is 394 g/mol. The number of hydrogen-bond acceptors (Lipinski definition) is 1. The Morgan fingerprint density at radius 1 is 1.25 bits per heavy atom. The zero-order valence-electron chi connectivity index (χ0n) is 9.33. The van der Waals surface area contributed by atoms with Crippen LogP contribution in [0.4, 0.5) is 0 Å². The number of benzene rings is 1. The molecule has 1 aliphatic carbocycles. The Morgan fingerprint density at radius 2 is 1.94 bits per heavy atom. The van der Waals surface area contributed by atoms with Crippen LogP contribution in [-0.2, 0) is 6.54 Å². The van der Waals surface area contributed by atoms with Crippen molar-refractivity contribution in [2.24, 2.45) is 0 Å². The van der Waals surface area contributed by atoms with E-state index in [1.807, 2.05) is 0 Å². The number of alkyl halides is 1. The summed E-state index contributed by atoms with van der Waals surface area (Å²) in [5, 5.41) is 1.08. The lowest BCUT2D eigenvalue weighted by atomic mass is 9.91. The van der Waals surface area contributed by atoms with Gasteiger partial charge in [-0.25, -0.2) is 0 Å². The summed E-state index contributed by atoms with van der Waals surface area (Å²) in [4.78, 5) is 2.61. The third-order valence-corrected chi connectivity index (χ3v) is 4.34. The summed E-state index contributed by atoms with van der Waals surface area (Å²) < 4.78 is 1.32. The highest BCUT2D eigenvalue weighted by molar-refractivity contribution is 14.1. The molecule has 1 saturated carbocycles. The Morgan fingerprint density at radius 3 is 2.44 bits per heavy atom. The molecule has 0 saturated heterocycles. The molecule has 2 rings (SSSR count). The highest BCUT2D eigenvalue weighted by Crippen LogP contribution is 2.26. The van der Waals surface area contributed by atoms with Crippen LogP contribution >= 0.6 is 38.5 Å². The van der Waals surface area contributed by atoms with Crippen LogP contribution in [0.2, 0.25) is 0 Å². The summed E-state index contributed by atoms with van der Waals surface area (Å²) in [5.41, 5.74) is 1.44. The molecule has 1 aromatic carbocycles. The fraction of sp³-hybridized carbons (Fsp3) is 0.538. The van der Waals surface area contributed by atoms with E-state index in [9.17, 15) is 0 Å². The van der Waals surface area contributed by atoms with Crippen molar-refractivity contribution in [3.8, 4) is 0 Å². The van der Waals surface area contributed by atoms with Gasteiger partial charge in [0.1, 0.15) is 0 Å². The van der Waals surface area contributed by atoms with Crippen LogP contribution in [0.25, 0.3) is 0 Å². The van der Waals surface area contributed by atoms with Crippen LogP contribution in [0.1, 0.15) is 24.8 Å². The first kappa shape index (κ1) is 12.8. The average Bonchev–Trinajstić information content (AvgIpc) is 2.19. The van der Waals surface area contributed by atoms with E-state index in [0.717, 1.165) is 24.5 Å². The molecule has 0 unspecified atom stereocenters. The molecular weight excluding hydrogens is 377 g/mol. The monoisotopic (exact) mass is 393 g/mol. The van der Waals surface area contributed by atoms with Crippen LogP contribution in [-0.4, -0.2) is 22.8 Å². The van der Waals surface area contributed by atoms with Gasteiger partial charge >= 0.3 is 0 Å². The van der Waals surface area contributed by atoms with E-state index in [-0.39, 0.29) is 0 Å². The van der Waals surface area contributed by atoms with Gasteiger partial charge in [0, 0.05) is 28.0 Å². The molecule has 3 heteroatoms. The largest absolute Gasteiger partial charge is 0.295 e. The summed E-state index contributed by atoms with van der Waals surface area (Å²) in [6.07, 6.45) is 4.19. The van der Waals surface area contributed by atoms with E-state index in [1.54, 1.807) is 0 Å². The molecule has 1 aromatic rings. The third kappa shape index (κ3) is 3.44. The first-order valence-corrected chi connectivity index (χ1v) is 8.04. The molecule has 88 valence electrons. The van der Waals surface area contributed by atoms with Gasteiger partial charge in [-0.1, -0.05) is 34.5 Å². The van der Waals surface area contributed by atoms with Crippen molar-refractivity contribution >= 4 is 38.5 Å². The predicted molar refractivity (Wildman–Crippen MR) is 81.0 cm³/mol. The Labute approximate surface area is 120 Å². The fourth-order valence-corrected chi connectivity index (χ4v) is 2.89. The van der Waals surface area contributed by atoms with Gasteiger partial charge in [-0.15, -0.1) is 0 Å². The highest BCUT2D eigenvalue weighted by atomic mass is 127. The normalized spacial score (nSPS) is 16.4. The second-order valence-corrected chi connectivity index (χ2v) is 6.41. The summed E-state index contributed by atoms with van der Waals surface area (Å²) in [5.74, 6) is 0. The van der Waals surface area contributed by atoms with E-state index in [0.29, 0.717) is 0 Å². The van der Waals surface area contributed by atoms with Gasteiger partial charge in [-0.2, -0.15) is 0 Å². The number of halogens is 2.